The van der Waals surface area contributed by atoms with Gasteiger partial charge in [0.2, 0.25) is 0 Å². The number of para-hydroxylation sites is 1. The van der Waals surface area contributed by atoms with Gasteiger partial charge in [-0.25, -0.2) is 0 Å². The van der Waals surface area contributed by atoms with Crippen LogP contribution in [-0.2, 0) is 0 Å². The summed E-state index contributed by atoms with van der Waals surface area (Å²) in [6.07, 6.45) is 0. The first-order valence-electron chi connectivity index (χ1n) is 5.89. The number of rotatable bonds is 4. The van der Waals surface area contributed by atoms with E-state index in [0.29, 0.717) is 5.56 Å². The maximum Gasteiger partial charge on any atom is 0.320 e. The fourth-order valence-electron chi connectivity index (χ4n) is 2.08. The molecule has 0 N–H and O–H groups in total. The molecule has 19 heavy (non-hydrogen) atoms. The second-order valence-electron chi connectivity index (χ2n) is 4.30. The molecule has 0 saturated carbocycles. The molecule has 1 unspecified atom stereocenters. The summed E-state index contributed by atoms with van der Waals surface area (Å²) < 4.78 is 25.0. The van der Waals surface area contributed by atoms with Crippen LogP contribution in [0.1, 0.15) is 11.6 Å². The van der Waals surface area contributed by atoms with Crippen molar-refractivity contribution < 1.29 is 8.78 Å². The fourth-order valence-corrected chi connectivity index (χ4v) is 2.86. The predicted molar refractivity (Wildman–Crippen MR) is 83.0 cm³/mol. The number of hydrogen-bond donors (Lipinski definition) is 0. The van der Waals surface area contributed by atoms with Gasteiger partial charge in [-0.2, -0.15) is 8.78 Å². The SMILES string of the molecule is CN(c1ccccc1)C(c1ccccc1)C(F)(F)I. The van der Waals surface area contributed by atoms with Gasteiger partial charge in [0, 0.05) is 35.3 Å². The van der Waals surface area contributed by atoms with E-state index in [1.807, 2.05) is 36.4 Å². The number of nitrogens with zero attached hydrogens (tertiary/aromatic N) is 1. The lowest BCUT2D eigenvalue weighted by Crippen LogP contribution is -2.34. The van der Waals surface area contributed by atoms with Crippen LogP contribution in [-0.4, -0.2) is 11.0 Å². The van der Waals surface area contributed by atoms with Gasteiger partial charge in [0.25, 0.3) is 0 Å². The molecule has 2 rings (SSSR count). The van der Waals surface area contributed by atoms with Crippen LogP contribution in [0.15, 0.2) is 60.7 Å². The van der Waals surface area contributed by atoms with Crippen molar-refractivity contribution in [2.75, 3.05) is 11.9 Å². The standard InChI is InChI=1S/C15H14F2IN/c1-19(13-10-6-3-7-11-13)14(15(16,17)18)12-8-4-2-5-9-12/h2-11,14H,1H3. The molecular weight excluding hydrogens is 359 g/mol. The summed E-state index contributed by atoms with van der Waals surface area (Å²) in [4.78, 5) is 1.61. The van der Waals surface area contributed by atoms with Crippen molar-refractivity contribution in [3.05, 3.63) is 66.2 Å². The highest BCUT2D eigenvalue weighted by atomic mass is 127. The van der Waals surface area contributed by atoms with Gasteiger partial charge in [0.05, 0.1) is 0 Å². The molecule has 2 aromatic rings. The molecule has 0 fully saturated rings. The van der Waals surface area contributed by atoms with Crippen molar-refractivity contribution >= 4 is 28.3 Å². The van der Waals surface area contributed by atoms with Crippen LogP contribution < -0.4 is 4.90 Å². The molecule has 0 aliphatic heterocycles. The second kappa shape index (κ2) is 5.86. The first kappa shape index (κ1) is 14.2. The Balaban J connectivity index is 2.40. The Labute approximate surface area is 125 Å². The van der Waals surface area contributed by atoms with Gasteiger partial charge in [-0.15, -0.1) is 0 Å². The van der Waals surface area contributed by atoms with E-state index >= 15 is 0 Å². The average molecular weight is 373 g/mol. The van der Waals surface area contributed by atoms with Gasteiger partial charge in [0.1, 0.15) is 6.04 Å². The molecule has 4 heteroatoms. The van der Waals surface area contributed by atoms with Crippen LogP contribution in [0.3, 0.4) is 0 Å². The average Bonchev–Trinajstić information content (AvgIpc) is 2.39. The van der Waals surface area contributed by atoms with Crippen LogP contribution in [0.4, 0.5) is 14.5 Å². The second-order valence-corrected chi connectivity index (χ2v) is 5.74. The lowest BCUT2D eigenvalue weighted by Gasteiger charge is -2.33. The Hall–Kier alpha value is -1.17. The molecule has 0 radical (unpaired) electrons. The van der Waals surface area contributed by atoms with E-state index in [9.17, 15) is 8.78 Å². The van der Waals surface area contributed by atoms with Gasteiger partial charge in [0.15, 0.2) is 0 Å². The summed E-state index contributed by atoms with van der Waals surface area (Å²) >= 11 is 1.21. The van der Waals surface area contributed by atoms with Crippen LogP contribution in [0.25, 0.3) is 0 Å². The molecule has 0 spiro atoms. The van der Waals surface area contributed by atoms with Crippen LogP contribution in [0.5, 0.6) is 0 Å². The lowest BCUT2D eigenvalue weighted by atomic mass is 10.1. The zero-order valence-electron chi connectivity index (χ0n) is 10.4. The molecule has 1 atom stereocenters. The summed E-state index contributed by atoms with van der Waals surface area (Å²) in [5, 5.41) is 0. The number of alkyl halides is 3. The third-order valence-electron chi connectivity index (χ3n) is 2.98. The van der Waals surface area contributed by atoms with Gasteiger partial charge in [-0.05, 0) is 17.7 Å². The fraction of sp³-hybridized carbons (Fsp3) is 0.200. The maximum absolute atomic E-state index is 14.0. The molecule has 0 amide bonds. The third kappa shape index (κ3) is 3.43. The van der Waals surface area contributed by atoms with E-state index in [0.717, 1.165) is 5.69 Å². The number of benzene rings is 2. The summed E-state index contributed by atoms with van der Waals surface area (Å²) in [6, 6.07) is 17.1. The molecule has 0 aliphatic carbocycles. The van der Waals surface area contributed by atoms with Gasteiger partial charge in [-0.3, -0.25) is 0 Å². The summed E-state index contributed by atoms with van der Waals surface area (Å²) in [6.45, 7) is 0. The molecule has 0 aliphatic rings. The van der Waals surface area contributed by atoms with Gasteiger partial charge < -0.3 is 4.90 Å². The zero-order chi connectivity index (χ0) is 13.9. The highest BCUT2D eigenvalue weighted by Crippen LogP contribution is 2.42. The molecule has 0 heterocycles. The predicted octanol–water partition coefficient (Wildman–Crippen LogP) is 4.89. The van der Waals surface area contributed by atoms with Crippen molar-refractivity contribution in [1.29, 1.82) is 0 Å². The van der Waals surface area contributed by atoms with Crippen LogP contribution >= 0.6 is 22.6 Å². The van der Waals surface area contributed by atoms with Crippen molar-refractivity contribution in [2.24, 2.45) is 0 Å². The van der Waals surface area contributed by atoms with Crippen molar-refractivity contribution in [3.63, 3.8) is 0 Å². The van der Waals surface area contributed by atoms with E-state index in [1.54, 1.807) is 36.2 Å². The van der Waals surface area contributed by atoms with Gasteiger partial charge >= 0.3 is 3.93 Å². The quantitative estimate of drug-likeness (QED) is 0.545. The molecule has 0 aromatic heterocycles. The number of halogens is 3. The van der Waals surface area contributed by atoms with Crippen LogP contribution in [0, 0.1) is 0 Å². The number of anilines is 1. The molecular formula is C15H14F2IN. The van der Waals surface area contributed by atoms with Crippen molar-refractivity contribution in [3.8, 4) is 0 Å². The van der Waals surface area contributed by atoms with E-state index in [4.69, 9.17) is 0 Å². The minimum atomic E-state index is -2.86. The van der Waals surface area contributed by atoms with Gasteiger partial charge in [-0.1, -0.05) is 48.5 Å². The third-order valence-corrected chi connectivity index (χ3v) is 3.57. The zero-order valence-corrected chi connectivity index (χ0v) is 12.6. The largest absolute Gasteiger partial charge is 0.361 e. The highest BCUT2D eigenvalue weighted by molar-refractivity contribution is 14.1. The van der Waals surface area contributed by atoms with E-state index in [1.165, 1.54) is 22.6 Å². The number of hydrogen-bond acceptors (Lipinski definition) is 1. The first-order chi connectivity index (χ1) is 9.00. The Morgan fingerprint density at radius 3 is 1.89 bits per heavy atom. The molecule has 2 aromatic carbocycles. The Kier molecular flexibility index (Phi) is 4.39. The van der Waals surface area contributed by atoms with E-state index in [2.05, 4.69) is 0 Å². The van der Waals surface area contributed by atoms with E-state index in [-0.39, 0.29) is 0 Å². The molecule has 0 saturated heterocycles. The van der Waals surface area contributed by atoms with Crippen molar-refractivity contribution in [2.45, 2.75) is 9.97 Å². The normalized spacial score (nSPS) is 13.1. The minimum Gasteiger partial charge on any atom is -0.361 e. The Morgan fingerprint density at radius 2 is 1.42 bits per heavy atom. The molecule has 0 bridgehead atoms. The Morgan fingerprint density at radius 1 is 0.947 bits per heavy atom. The minimum absolute atomic E-state index is 0.605. The first-order valence-corrected chi connectivity index (χ1v) is 6.97. The smallest absolute Gasteiger partial charge is 0.320 e. The molecule has 100 valence electrons. The monoisotopic (exact) mass is 373 g/mol. The van der Waals surface area contributed by atoms with E-state index < -0.39 is 9.97 Å². The summed E-state index contributed by atoms with van der Waals surface area (Å²) in [7, 11) is 1.69. The highest BCUT2D eigenvalue weighted by Gasteiger charge is 2.40. The van der Waals surface area contributed by atoms with Crippen LogP contribution in [0.2, 0.25) is 0 Å². The van der Waals surface area contributed by atoms with Crippen molar-refractivity contribution in [1.82, 2.24) is 0 Å². The maximum atomic E-state index is 14.0. The summed E-state index contributed by atoms with van der Waals surface area (Å²) in [5.41, 5.74) is 1.38. The Bertz CT molecular complexity index is 511. The lowest BCUT2D eigenvalue weighted by molar-refractivity contribution is 0.0933. The topological polar surface area (TPSA) is 3.24 Å². The summed E-state index contributed by atoms with van der Waals surface area (Å²) in [5.74, 6) is 0. The molecule has 1 nitrogen and oxygen atoms in total.